The van der Waals surface area contributed by atoms with Crippen molar-refractivity contribution in [2.24, 2.45) is 0 Å². The van der Waals surface area contributed by atoms with Crippen LogP contribution in [0.4, 0.5) is 5.69 Å². The molecule has 0 radical (unpaired) electrons. The molecule has 0 spiro atoms. The molecule has 0 aliphatic rings. The van der Waals surface area contributed by atoms with Gasteiger partial charge in [0.1, 0.15) is 5.75 Å². The van der Waals surface area contributed by atoms with Gasteiger partial charge in [-0.05, 0) is 55.3 Å². The first-order valence-electron chi connectivity index (χ1n) is 10.5. The third kappa shape index (κ3) is 6.44. The van der Waals surface area contributed by atoms with Gasteiger partial charge in [0.25, 0.3) is 11.8 Å². The quantitative estimate of drug-likeness (QED) is 0.511. The molecule has 160 valence electrons. The highest BCUT2D eigenvalue weighted by molar-refractivity contribution is 6.09. The third-order valence-corrected chi connectivity index (χ3v) is 5.03. The number of rotatable bonds is 9. The molecule has 0 aromatic heterocycles. The molecule has 0 heterocycles. The van der Waals surface area contributed by atoms with Gasteiger partial charge in [-0.25, -0.2) is 0 Å². The second kappa shape index (κ2) is 11.0. The molecule has 5 nitrogen and oxygen atoms in total. The van der Waals surface area contributed by atoms with E-state index >= 15 is 0 Å². The van der Waals surface area contributed by atoms with Crippen LogP contribution in [0.2, 0.25) is 0 Å². The van der Waals surface area contributed by atoms with E-state index in [2.05, 4.69) is 22.8 Å². The lowest BCUT2D eigenvalue weighted by Gasteiger charge is -2.15. The maximum atomic E-state index is 12.7. The lowest BCUT2D eigenvalue weighted by Crippen LogP contribution is -2.32. The van der Waals surface area contributed by atoms with E-state index in [0.29, 0.717) is 29.2 Å². The predicted molar refractivity (Wildman–Crippen MR) is 124 cm³/mol. The second-order valence-corrected chi connectivity index (χ2v) is 7.39. The van der Waals surface area contributed by atoms with Crippen molar-refractivity contribution in [1.82, 2.24) is 5.32 Å². The Bertz CT molecular complexity index is 1000. The number of ether oxygens (including phenoxy) is 1. The summed E-state index contributed by atoms with van der Waals surface area (Å²) < 4.78 is 5.78. The molecule has 2 amide bonds. The second-order valence-electron chi connectivity index (χ2n) is 7.39. The Morgan fingerprint density at radius 1 is 0.871 bits per heavy atom. The van der Waals surface area contributed by atoms with Crippen molar-refractivity contribution in [2.45, 2.75) is 32.7 Å². The van der Waals surface area contributed by atoms with E-state index in [1.54, 1.807) is 48.5 Å². The fraction of sp³-hybridized carbons (Fsp3) is 0.231. The fourth-order valence-electron chi connectivity index (χ4n) is 3.02. The number of carbonyl (C=O) groups is 2. The van der Waals surface area contributed by atoms with Gasteiger partial charge in [0.15, 0.2) is 0 Å². The van der Waals surface area contributed by atoms with Crippen LogP contribution < -0.4 is 15.4 Å². The van der Waals surface area contributed by atoms with Crippen LogP contribution in [0.5, 0.6) is 5.75 Å². The van der Waals surface area contributed by atoms with E-state index in [1.807, 2.05) is 32.0 Å². The first-order valence-corrected chi connectivity index (χ1v) is 10.5. The molecule has 0 fully saturated rings. The minimum atomic E-state index is -0.278. The lowest BCUT2D eigenvalue weighted by atomic mass is 10.1. The Hall–Kier alpha value is -3.60. The number of anilines is 1. The van der Waals surface area contributed by atoms with Crippen molar-refractivity contribution in [3.8, 4) is 5.75 Å². The highest BCUT2D eigenvalue weighted by Gasteiger charge is 2.15. The first-order chi connectivity index (χ1) is 15.1. The lowest BCUT2D eigenvalue weighted by molar-refractivity contribution is 0.0940. The molecule has 2 N–H and O–H groups in total. The summed E-state index contributed by atoms with van der Waals surface area (Å²) in [7, 11) is 0. The summed E-state index contributed by atoms with van der Waals surface area (Å²) in [6, 6.07) is 24.2. The van der Waals surface area contributed by atoms with Crippen molar-refractivity contribution in [1.29, 1.82) is 0 Å². The Labute approximate surface area is 183 Å². The van der Waals surface area contributed by atoms with Crippen LogP contribution in [0.3, 0.4) is 0 Å². The highest BCUT2D eigenvalue weighted by Crippen LogP contribution is 2.18. The van der Waals surface area contributed by atoms with Gasteiger partial charge in [0, 0.05) is 18.0 Å². The molecule has 5 heteroatoms. The zero-order valence-corrected chi connectivity index (χ0v) is 17.9. The van der Waals surface area contributed by atoms with Gasteiger partial charge >= 0.3 is 0 Å². The minimum absolute atomic E-state index is 0.0608. The minimum Gasteiger partial charge on any atom is -0.493 e. The topological polar surface area (TPSA) is 67.4 Å². The number of carbonyl (C=O) groups excluding carboxylic acids is 2. The molecule has 3 aromatic rings. The largest absolute Gasteiger partial charge is 0.493 e. The zero-order chi connectivity index (χ0) is 22.1. The van der Waals surface area contributed by atoms with Crippen LogP contribution in [0.15, 0.2) is 78.9 Å². The van der Waals surface area contributed by atoms with Crippen LogP contribution in [0.1, 0.15) is 46.5 Å². The van der Waals surface area contributed by atoms with Gasteiger partial charge in [-0.1, -0.05) is 49.4 Å². The third-order valence-electron chi connectivity index (χ3n) is 5.03. The molecule has 0 aliphatic carbocycles. The molecule has 3 rings (SSSR count). The standard InChI is InChI=1S/C26H28N2O3/c1-3-19(2)27-26(30)23-11-7-8-12-24(23)28-25(29)21-13-15-22(16-14-21)31-18-17-20-9-5-4-6-10-20/h4-16,19H,3,17-18H2,1-2H3,(H,27,30)(H,28,29). The summed E-state index contributed by atoms with van der Waals surface area (Å²) in [4.78, 5) is 25.2. The number of nitrogens with one attached hydrogen (secondary N) is 2. The van der Waals surface area contributed by atoms with E-state index in [9.17, 15) is 9.59 Å². The van der Waals surface area contributed by atoms with Crippen molar-refractivity contribution >= 4 is 17.5 Å². The molecule has 1 atom stereocenters. The number of benzene rings is 3. The van der Waals surface area contributed by atoms with Gasteiger partial charge in [-0.3, -0.25) is 9.59 Å². The van der Waals surface area contributed by atoms with Crippen molar-refractivity contribution in [2.75, 3.05) is 11.9 Å². The molecule has 0 saturated heterocycles. The Morgan fingerprint density at radius 3 is 2.26 bits per heavy atom. The molecule has 1 unspecified atom stereocenters. The van der Waals surface area contributed by atoms with Crippen molar-refractivity contribution < 1.29 is 14.3 Å². The van der Waals surface area contributed by atoms with Crippen LogP contribution in [0.25, 0.3) is 0 Å². The zero-order valence-electron chi connectivity index (χ0n) is 17.9. The van der Waals surface area contributed by atoms with Gasteiger partial charge in [-0.2, -0.15) is 0 Å². The number of amides is 2. The molecular weight excluding hydrogens is 388 g/mol. The predicted octanol–water partition coefficient (Wildman–Crippen LogP) is 5.09. The molecule has 0 bridgehead atoms. The normalized spacial score (nSPS) is 11.4. The first kappa shape index (κ1) is 22.1. The van der Waals surface area contributed by atoms with Crippen LogP contribution in [0, 0.1) is 0 Å². The van der Waals surface area contributed by atoms with Crippen LogP contribution in [-0.2, 0) is 6.42 Å². The average molecular weight is 417 g/mol. The summed E-state index contributed by atoms with van der Waals surface area (Å²) in [6.45, 7) is 4.52. The summed E-state index contributed by atoms with van der Waals surface area (Å²) in [5.41, 5.74) is 2.63. The summed E-state index contributed by atoms with van der Waals surface area (Å²) in [6.07, 6.45) is 1.65. The van der Waals surface area contributed by atoms with Crippen LogP contribution in [-0.4, -0.2) is 24.5 Å². The van der Waals surface area contributed by atoms with E-state index in [1.165, 1.54) is 5.56 Å². The number of hydrogen-bond acceptors (Lipinski definition) is 3. The van der Waals surface area contributed by atoms with Crippen molar-refractivity contribution in [3.05, 3.63) is 95.6 Å². The fourth-order valence-corrected chi connectivity index (χ4v) is 3.02. The SMILES string of the molecule is CCC(C)NC(=O)c1ccccc1NC(=O)c1ccc(OCCc2ccccc2)cc1. The molecule has 31 heavy (non-hydrogen) atoms. The monoisotopic (exact) mass is 416 g/mol. The summed E-state index contributed by atoms with van der Waals surface area (Å²) in [5, 5.41) is 5.77. The number of para-hydroxylation sites is 1. The van der Waals surface area contributed by atoms with Gasteiger partial charge in [0.05, 0.1) is 17.9 Å². The molecule has 0 aliphatic heterocycles. The van der Waals surface area contributed by atoms with E-state index in [-0.39, 0.29) is 17.9 Å². The van der Waals surface area contributed by atoms with Crippen molar-refractivity contribution in [3.63, 3.8) is 0 Å². The number of hydrogen-bond donors (Lipinski definition) is 2. The van der Waals surface area contributed by atoms with Gasteiger partial charge in [0.2, 0.25) is 0 Å². The maximum Gasteiger partial charge on any atom is 0.255 e. The van der Waals surface area contributed by atoms with Gasteiger partial charge < -0.3 is 15.4 Å². The Morgan fingerprint density at radius 2 is 1.55 bits per heavy atom. The smallest absolute Gasteiger partial charge is 0.255 e. The maximum absolute atomic E-state index is 12.7. The molecular formula is C26H28N2O3. The Kier molecular flexibility index (Phi) is 7.82. The van der Waals surface area contributed by atoms with E-state index in [0.717, 1.165) is 12.8 Å². The Balaban J connectivity index is 1.59. The summed E-state index contributed by atoms with van der Waals surface area (Å²) >= 11 is 0. The average Bonchev–Trinajstić information content (AvgIpc) is 2.80. The molecule has 3 aromatic carbocycles. The molecule has 0 saturated carbocycles. The van der Waals surface area contributed by atoms with Crippen LogP contribution >= 0.6 is 0 Å². The summed E-state index contributed by atoms with van der Waals surface area (Å²) in [5.74, 6) is 0.229. The van der Waals surface area contributed by atoms with E-state index < -0.39 is 0 Å². The van der Waals surface area contributed by atoms with E-state index in [4.69, 9.17) is 4.74 Å². The van der Waals surface area contributed by atoms with Gasteiger partial charge in [-0.15, -0.1) is 0 Å². The highest BCUT2D eigenvalue weighted by atomic mass is 16.5.